The normalized spacial score (nSPS) is 42.3. The second-order valence-electron chi connectivity index (χ2n) is 17.0. The molecule has 3 aliphatic carbocycles. The third-order valence-corrected chi connectivity index (χ3v) is 13.6. The number of hydrogen-bond acceptors (Lipinski definition) is 15. The Morgan fingerprint density at radius 1 is 1.02 bits per heavy atom. The number of aliphatic hydroxyl groups excluding tert-OH is 4. The summed E-state index contributed by atoms with van der Waals surface area (Å²) in [5, 5.41) is 53.0. The molecule has 0 bridgehead atoms. The Morgan fingerprint density at radius 2 is 1.74 bits per heavy atom. The molecule has 15 heteroatoms. The van der Waals surface area contributed by atoms with Crippen LogP contribution in [-0.4, -0.2) is 136 Å². The molecule has 1 aromatic rings. The van der Waals surface area contributed by atoms with Gasteiger partial charge in [0.15, 0.2) is 18.4 Å². The molecule has 2 heterocycles. The van der Waals surface area contributed by atoms with Crippen LogP contribution in [-0.2, 0) is 47.6 Å². The van der Waals surface area contributed by atoms with Gasteiger partial charge in [-0.05, 0) is 70.2 Å². The largest absolute Gasteiger partial charge is 0.458 e. The van der Waals surface area contributed by atoms with Crippen LogP contribution in [0.5, 0.6) is 0 Å². The number of rotatable bonds is 13. The van der Waals surface area contributed by atoms with E-state index in [1.54, 1.807) is 19.9 Å². The van der Waals surface area contributed by atoms with Crippen molar-refractivity contribution in [2.75, 3.05) is 13.7 Å². The van der Waals surface area contributed by atoms with Gasteiger partial charge in [-0.15, -0.1) is 0 Å². The first-order chi connectivity index (χ1) is 27.4. The second-order valence-corrected chi connectivity index (χ2v) is 17.0. The third kappa shape index (κ3) is 8.53. The molecular weight excluding hydrogens is 756 g/mol. The smallest absolute Gasteiger partial charge is 0.331 e. The highest BCUT2D eigenvalue weighted by atomic mass is 16.7. The molecule has 0 amide bonds. The lowest BCUT2D eigenvalue weighted by atomic mass is 9.52. The Kier molecular flexibility index (Phi) is 13.6. The number of ether oxygens (including phenoxy) is 6. The van der Waals surface area contributed by atoms with Gasteiger partial charge >= 0.3 is 5.97 Å². The standard InChI is InChI=1S/C43H58O15/c1-23(45)27-12-13-32(47)42(27,4)33(57-34(48)14-11-25-9-7-6-8-10-25)19-28-29(46)16-18-43(52)21-26(15-17-41(28,43)3)55-35-20-30(53-5)39(24(2)54-35)58-40-38(51)37(50)36(49)31(22-44)56-40/h6-11,14,16,18,24,26-28,30-31,33,35-40,44,49-52H,12-13,15,17,19-22H2,1-5H3/b14-11+/t24-,26+,27-,28+,30+,31-,33-,35+,36-,37+,38-,39-,40+,41-,42-,43+/m1/s1. The molecule has 15 nitrogen and oxygen atoms in total. The van der Waals surface area contributed by atoms with Gasteiger partial charge in [-0.25, -0.2) is 4.79 Å². The van der Waals surface area contributed by atoms with Crippen molar-refractivity contribution < 1.29 is 73.1 Å². The van der Waals surface area contributed by atoms with Gasteiger partial charge in [0.2, 0.25) is 0 Å². The number of fused-ring (bicyclic) bond motifs is 1. The number of esters is 1. The molecule has 1 aromatic carbocycles. The maximum absolute atomic E-state index is 13.9. The lowest BCUT2D eigenvalue weighted by Crippen LogP contribution is -2.62. The number of carbonyl (C=O) groups is 4. The Bertz CT molecular complexity index is 1710. The molecule has 0 aromatic heterocycles. The predicted octanol–water partition coefficient (Wildman–Crippen LogP) is 1.97. The van der Waals surface area contributed by atoms with Crippen LogP contribution in [0.1, 0.15) is 78.2 Å². The van der Waals surface area contributed by atoms with E-state index in [1.165, 1.54) is 32.3 Å². The quantitative estimate of drug-likeness (QED) is 0.142. The molecule has 320 valence electrons. The maximum atomic E-state index is 13.9. The number of hydrogen-bond donors (Lipinski definition) is 5. The van der Waals surface area contributed by atoms with E-state index in [2.05, 4.69) is 0 Å². The Balaban J connectivity index is 1.16. The van der Waals surface area contributed by atoms with E-state index in [9.17, 15) is 44.7 Å². The summed E-state index contributed by atoms with van der Waals surface area (Å²) in [6, 6.07) is 9.14. The molecule has 0 unspecified atom stereocenters. The van der Waals surface area contributed by atoms with Crippen LogP contribution in [0, 0.1) is 22.7 Å². The second kappa shape index (κ2) is 17.8. The zero-order valence-electron chi connectivity index (χ0n) is 33.7. The van der Waals surface area contributed by atoms with Crippen molar-refractivity contribution in [3.63, 3.8) is 0 Å². The molecule has 0 spiro atoms. The Morgan fingerprint density at radius 3 is 2.41 bits per heavy atom. The number of carbonyl (C=O) groups excluding carboxylic acids is 4. The fourth-order valence-electron chi connectivity index (χ4n) is 9.91. The lowest BCUT2D eigenvalue weighted by Gasteiger charge is -2.55. The number of benzene rings is 1. The number of Topliss-reactive ketones (excluding diaryl/α,β-unsaturated/α-hetero) is 2. The van der Waals surface area contributed by atoms with Crippen LogP contribution in [0.15, 0.2) is 48.6 Å². The summed E-state index contributed by atoms with van der Waals surface area (Å²) in [6.07, 6.45) is -4.80. The summed E-state index contributed by atoms with van der Waals surface area (Å²) in [6.45, 7) is 6.00. The van der Waals surface area contributed by atoms with Crippen LogP contribution >= 0.6 is 0 Å². The van der Waals surface area contributed by atoms with Crippen molar-refractivity contribution in [1.29, 1.82) is 0 Å². The third-order valence-electron chi connectivity index (χ3n) is 13.6. The molecule has 5 aliphatic rings. The summed E-state index contributed by atoms with van der Waals surface area (Å²) < 4.78 is 36.0. The minimum Gasteiger partial charge on any atom is -0.458 e. The molecule has 4 fully saturated rings. The lowest BCUT2D eigenvalue weighted by molar-refractivity contribution is -0.346. The molecule has 0 radical (unpaired) electrons. The van der Waals surface area contributed by atoms with E-state index >= 15 is 0 Å². The van der Waals surface area contributed by atoms with E-state index in [4.69, 9.17) is 28.4 Å². The SMILES string of the molecule is CO[C@H]1C[C@H](O[C@H]2CC[C@]3(C)[C@@H](C[C@@H](OC(=O)/C=C/c4ccccc4)[C@@]4(C)C(=O)CC[C@@H]4C(C)=O)C(=O)C=C[C@]3(O)C2)O[C@H](C)[C@H]1O[C@@H]1O[C@H](CO)[C@@H](O)[C@H](O)[C@H]1O. The molecule has 2 aliphatic heterocycles. The molecule has 2 saturated heterocycles. The highest BCUT2D eigenvalue weighted by Crippen LogP contribution is 2.56. The monoisotopic (exact) mass is 814 g/mol. The molecule has 2 saturated carbocycles. The van der Waals surface area contributed by atoms with Crippen LogP contribution in [0.2, 0.25) is 0 Å². The fraction of sp³-hybridized carbons (Fsp3) is 0.674. The van der Waals surface area contributed by atoms with Crippen molar-refractivity contribution in [3.05, 3.63) is 54.1 Å². The molecule has 5 N–H and O–H groups in total. The summed E-state index contributed by atoms with van der Waals surface area (Å²) in [5.74, 6) is -3.00. The van der Waals surface area contributed by atoms with Crippen molar-refractivity contribution in [2.45, 2.75) is 146 Å². The highest BCUT2D eigenvalue weighted by molar-refractivity contribution is 5.97. The average molecular weight is 815 g/mol. The van der Waals surface area contributed by atoms with Crippen LogP contribution in [0.25, 0.3) is 6.08 Å². The molecule has 58 heavy (non-hydrogen) atoms. The average Bonchev–Trinajstić information content (AvgIpc) is 3.51. The molecule has 6 rings (SSSR count). The topological polar surface area (TPSA) is 225 Å². The first-order valence-electron chi connectivity index (χ1n) is 20.2. The van der Waals surface area contributed by atoms with E-state index in [1.807, 2.05) is 37.3 Å². The summed E-state index contributed by atoms with van der Waals surface area (Å²) in [5.41, 5.74) is -3.23. The number of aliphatic hydroxyl groups is 5. The fourth-order valence-corrected chi connectivity index (χ4v) is 9.91. The van der Waals surface area contributed by atoms with Gasteiger partial charge < -0.3 is 54.0 Å². The van der Waals surface area contributed by atoms with Gasteiger partial charge in [-0.3, -0.25) is 14.4 Å². The minimum absolute atomic E-state index is 0.0843. The minimum atomic E-state index is -1.62. The van der Waals surface area contributed by atoms with E-state index in [-0.39, 0.29) is 43.0 Å². The first kappa shape index (κ1) is 44.3. The molecule has 16 atom stereocenters. The van der Waals surface area contributed by atoms with Gasteiger partial charge in [0, 0.05) is 49.7 Å². The van der Waals surface area contributed by atoms with Crippen molar-refractivity contribution in [3.8, 4) is 0 Å². The number of ketones is 3. The van der Waals surface area contributed by atoms with Crippen LogP contribution < -0.4 is 0 Å². The van der Waals surface area contributed by atoms with E-state index < -0.39 is 108 Å². The van der Waals surface area contributed by atoms with Gasteiger partial charge in [-0.2, -0.15) is 0 Å². The molecular formula is C43H58O15. The van der Waals surface area contributed by atoms with Gasteiger partial charge in [0.05, 0.1) is 35.9 Å². The zero-order chi connectivity index (χ0) is 42.2. The summed E-state index contributed by atoms with van der Waals surface area (Å²) >= 11 is 0. The van der Waals surface area contributed by atoms with E-state index in [0.717, 1.165) is 5.56 Å². The number of methoxy groups -OCH3 is 1. The van der Waals surface area contributed by atoms with E-state index in [0.29, 0.717) is 19.3 Å². The number of allylic oxidation sites excluding steroid dienone is 1. The van der Waals surface area contributed by atoms with Crippen molar-refractivity contribution in [1.82, 2.24) is 0 Å². The Hall–Kier alpha value is -3.22. The van der Waals surface area contributed by atoms with Gasteiger partial charge in [-0.1, -0.05) is 37.3 Å². The van der Waals surface area contributed by atoms with Crippen LogP contribution in [0.4, 0.5) is 0 Å². The van der Waals surface area contributed by atoms with Crippen LogP contribution in [0.3, 0.4) is 0 Å². The predicted molar refractivity (Wildman–Crippen MR) is 204 cm³/mol. The Labute approximate surface area is 338 Å². The summed E-state index contributed by atoms with van der Waals surface area (Å²) in [4.78, 5) is 53.8. The van der Waals surface area contributed by atoms with Gasteiger partial charge in [0.25, 0.3) is 0 Å². The first-order valence-corrected chi connectivity index (χ1v) is 20.2. The van der Waals surface area contributed by atoms with Crippen molar-refractivity contribution >= 4 is 29.4 Å². The zero-order valence-corrected chi connectivity index (χ0v) is 33.7. The summed E-state index contributed by atoms with van der Waals surface area (Å²) in [7, 11) is 1.48. The van der Waals surface area contributed by atoms with Gasteiger partial charge in [0.1, 0.15) is 48.2 Å². The highest BCUT2D eigenvalue weighted by Gasteiger charge is 2.61. The van der Waals surface area contributed by atoms with Crippen molar-refractivity contribution in [2.24, 2.45) is 22.7 Å². The maximum Gasteiger partial charge on any atom is 0.331 e.